The van der Waals surface area contributed by atoms with Crippen LogP contribution in [-0.4, -0.2) is 5.91 Å². The molecule has 1 amide bonds. The van der Waals surface area contributed by atoms with Crippen molar-refractivity contribution in [2.45, 2.75) is 6.61 Å². The Morgan fingerprint density at radius 1 is 0.917 bits per heavy atom. The Balaban J connectivity index is 1.65. The standard InChI is InChI=1S/C20H18N2O2/c21-18-13-17(22-20(23)16-9-5-2-6-10-16)11-12-19(18)24-14-15-7-3-1-4-8-15/h1-13H,14,21H2,(H,22,23). The Morgan fingerprint density at radius 2 is 1.58 bits per heavy atom. The minimum atomic E-state index is -0.173. The molecule has 3 N–H and O–H groups in total. The molecule has 0 fully saturated rings. The topological polar surface area (TPSA) is 64.3 Å². The number of benzene rings is 3. The Hall–Kier alpha value is -3.27. The average molecular weight is 318 g/mol. The van der Waals surface area contributed by atoms with E-state index in [1.54, 1.807) is 30.3 Å². The molecule has 3 rings (SSSR count). The molecule has 4 heteroatoms. The molecule has 0 bridgehead atoms. The summed E-state index contributed by atoms with van der Waals surface area (Å²) in [5.74, 6) is 0.421. The number of carbonyl (C=O) groups excluding carboxylic acids is 1. The Bertz CT molecular complexity index is 818. The van der Waals surface area contributed by atoms with Gasteiger partial charge in [0.1, 0.15) is 12.4 Å². The summed E-state index contributed by atoms with van der Waals surface area (Å²) in [4.78, 5) is 12.1. The minimum absolute atomic E-state index is 0.173. The molecule has 3 aromatic rings. The van der Waals surface area contributed by atoms with Crippen molar-refractivity contribution in [3.63, 3.8) is 0 Å². The van der Waals surface area contributed by atoms with Crippen molar-refractivity contribution in [2.24, 2.45) is 0 Å². The molecule has 0 aliphatic carbocycles. The summed E-state index contributed by atoms with van der Waals surface area (Å²) in [5.41, 5.74) is 8.81. The highest BCUT2D eigenvalue weighted by atomic mass is 16.5. The summed E-state index contributed by atoms with van der Waals surface area (Å²) in [5, 5.41) is 2.83. The molecule has 0 heterocycles. The summed E-state index contributed by atoms with van der Waals surface area (Å²) in [6.07, 6.45) is 0. The second kappa shape index (κ2) is 7.33. The zero-order valence-corrected chi connectivity index (χ0v) is 13.1. The van der Waals surface area contributed by atoms with Crippen molar-refractivity contribution in [3.05, 3.63) is 90.0 Å². The van der Waals surface area contributed by atoms with Gasteiger partial charge < -0.3 is 15.8 Å². The van der Waals surface area contributed by atoms with Crippen LogP contribution in [0.3, 0.4) is 0 Å². The number of nitrogen functional groups attached to an aromatic ring is 1. The third kappa shape index (κ3) is 3.93. The molecule has 24 heavy (non-hydrogen) atoms. The first kappa shape index (κ1) is 15.6. The van der Waals surface area contributed by atoms with Gasteiger partial charge in [-0.15, -0.1) is 0 Å². The Labute approximate surface area is 140 Å². The van der Waals surface area contributed by atoms with Crippen LogP contribution in [0.1, 0.15) is 15.9 Å². The fourth-order valence-corrected chi connectivity index (χ4v) is 2.29. The maximum atomic E-state index is 12.1. The summed E-state index contributed by atoms with van der Waals surface area (Å²) >= 11 is 0. The van der Waals surface area contributed by atoms with Crippen molar-refractivity contribution >= 4 is 17.3 Å². The van der Waals surface area contributed by atoms with Gasteiger partial charge in [-0.05, 0) is 35.9 Å². The maximum absolute atomic E-state index is 12.1. The summed E-state index contributed by atoms with van der Waals surface area (Å²) < 4.78 is 5.73. The van der Waals surface area contributed by atoms with Crippen LogP contribution in [0, 0.1) is 0 Å². The molecular formula is C20H18N2O2. The molecule has 0 aliphatic rings. The van der Waals surface area contributed by atoms with Crippen LogP contribution in [0.15, 0.2) is 78.9 Å². The molecule has 0 unspecified atom stereocenters. The fraction of sp³-hybridized carbons (Fsp3) is 0.0500. The quantitative estimate of drug-likeness (QED) is 0.696. The van der Waals surface area contributed by atoms with Gasteiger partial charge >= 0.3 is 0 Å². The normalized spacial score (nSPS) is 10.2. The molecule has 3 aromatic carbocycles. The number of amides is 1. The summed E-state index contributed by atoms with van der Waals surface area (Å²) in [6.45, 7) is 0.445. The SMILES string of the molecule is Nc1cc(NC(=O)c2ccccc2)ccc1OCc1ccccc1. The summed E-state index contributed by atoms with van der Waals surface area (Å²) in [6, 6.07) is 24.1. The van der Waals surface area contributed by atoms with Gasteiger partial charge in [0, 0.05) is 11.3 Å². The number of nitrogens with two attached hydrogens (primary N) is 1. The van der Waals surface area contributed by atoms with Gasteiger partial charge in [-0.25, -0.2) is 0 Å². The molecule has 4 nitrogen and oxygen atoms in total. The zero-order valence-electron chi connectivity index (χ0n) is 13.1. The first-order valence-corrected chi connectivity index (χ1v) is 7.65. The van der Waals surface area contributed by atoms with Gasteiger partial charge in [-0.2, -0.15) is 0 Å². The van der Waals surface area contributed by atoms with Crippen LogP contribution in [-0.2, 0) is 6.61 Å². The van der Waals surface area contributed by atoms with Crippen LogP contribution in [0.5, 0.6) is 5.75 Å². The first-order valence-electron chi connectivity index (χ1n) is 7.65. The molecule has 0 spiro atoms. The molecule has 0 saturated heterocycles. The third-order valence-electron chi connectivity index (χ3n) is 3.54. The minimum Gasteiger partial charge on any atom is -0.487 e. The van der Waals surface area contributed by atoms with E-state index in [9.17, 15) is 4.79 Å². The average Bonchev–Trinajstić information content (AvgIpc) is 2.62. The van der Waals surface area contributed by atoms with Gasteiger partial charge in [-0.1, -0.05) is 48.5 Å². The van der Waals surface area contributed by atoms with E-state index < -0.39 is 0 Å². The van der Waals surface area contributed by atoms with Crippen LogP contribution >= 0.6 is 0 Å². The number of hydrogen-bond acceptors (Lipinski definition) is 3. The van der Waals surface area contributed by atoms with E-state index in [0.29, 0.717) is 29.3 Å². The van der Waals surface area contributed by atoms with Crippen molar-refractivity contribution in [2.75, 3.05) is 11.1 Å². The Kier molecular flexibility index (Phi) is 4.77. The van der Waals surface area contributed by atoms with Gasteiger partial charge in [0.2, 0.25) is 0 Å². The van der Waals surface area contributed by atoms with E-state index in [4.69, 9.17) is 10.5 Å². The molecule has 0 atom stereocenters. The largest absolute Gasteiger partial charge is 0.487 e. The number of nitrogens with one attached hydrogen (secondary N) is 1. The second-order valence-corrected chi connectivity index (χ2v) is 5.35. The zero-order chi connectivity index (χ0) is 16.8. The second-order valence-electron chi connectivity index (χ2n) is 5.35. The van der Waals surface area contributed by atoms with E-state index in [0.717, 1.165) is 5.56 Å². The number of rotatable bonds is 5. The fourth-order valence-electron chi connectivity index (χ4n) is 2.29. The van der Waals surface area contributed by atoms with Crippen LogP contribution in [0.4, 0.5) is 11.4 Å². The number of carbonyl (C=O) groups is 1. The Morgan fingerprint density at radius 3 is 2.25 bits per heavy atom. The monoisotopic (exact) mass is 318 g/mol. The van der Waals surface area contributed by atoms with Crippen LogP contribution < -0.4 is 15.8 Å². The van der Waals surface area contributed by atoms with E-state index in [2.05, 4.69) is 5.32 Å². The highest BCUT2D eigenvalue weighted by Gasteiger charge is 2.07. The summed E-state index contributed by atoms with van der Waals surface area (Å²) in [7, 11) is 0. The van der Waals surface area contributed by atoms with Crippen LogP contribution in [0.2, 0.25) is 0 Å². The lowest BCUT2D eigenvalue weighted by Crippen LogP contribution is -2.12. The molecule has 0 aromatic heterocycles. The molecule has 0 radical (unpaired) electrons. The van der Waals surface area contributed by atoms with E-state index in [1.165, 1.54) is 0 Å². The van der Waals surface area contributed by atoms with E-state index in [-0.39, 0.29) is 5.91 Å². The predicted octanol–water partition coefficient (Wildman–Crippen LogP) is 4.10. The number of anilines is 2. The van der Waals surface area contributed by atoms with Crippen LogP contribution in [0.25, 0.3) is 0 Å². The molecule has 0 aliphatic heterocycles. The van der Waals surface area contributed by atoms with Gasteiger partial charge in [0.25, 0.3) is 5.91 Å². The predicted molar refractivity (Wildman–Crippen MR) is 96.0 cm³/mol. The molecule has 0 saturated carbocycles. The number of ether oxygens (including phenoxy) is 1. The highest BCUT2D eigenvalue weighted by Crippen LogP contribution is 2.26. The maximum Gasteiger partial charge on any atom is 0.255 e. The number of hydrogen-bond donors (Lipinski definition) is 2. The van der Waals surface area contributed by atoms with Crippen molar-refractivity contribution < 1.29 is 9.53 Å². The lowest BCUT2D eigenvalue weighted by molar-refractivity contribution is 0.102. The highest BCUT2D eigenvalue weighted by molar-refractivity contribution is 6.04. The lowest BCUT2D eigenvalue weighted by Gasteiger charge is -2.11. The van der Waals surface area contributed by atoms with Crippen molar-refractivity contribution in [1.29, 1.82) is 0 Å². The smallest absolute Gasteiger partial charge is 0.255 e. The van der Waals surface area contributed by atoms with Gasteiger partial charge in [0.05, 0.1) is 5.69 Å². The van der Waals surface area contributed by atoms with Crippen molar-refractivity contribution in [1.82, 2.24) is 0 Å². The molecule has 120 valence electrons. The van der Waals surface area contributed by atoms with Gasteiger partial charge in [-0.3, -0.25) is 4.79 Å². The third-order valence-corrected chi connectivity index (χ3v) is 3.54. The first-order chi connectivity index (χ1) is 11.7. The lowest BCUT2D eigenvalue weighted by atomic mass is 10.2. The van der Waals surface area contributed by atoms with E-state index >= 15 is 0 Å². The van der Waals surface area contributed by atoms with Crippen molar-refractivity contribution in [3.8, 4) is 5.75 Å². The van der Waals surface area contributed by atoms with Gasteiger partial charge in [0.15, 0.2) is 0 Å². The van der Waals surface area contributed by atoms with E-state index in [1.807, 2.05) is 48.5 Å². The molecular weight excluding hydrogens is 300 g/mol.